The maximum Gasteiger partial charge on any atom is 0.225 e. The normalized spacial score (nSPS) is 21.7. The standard InChI is InChI=1S/C11H22N2O2.ClH/c1-3-9-5-4-6-13(9)11(14)7-10(8-12)15-2;/h9-10H,3-8,12H2,1-2H3;1H. The number of nitrogens with two attached hydrogens (primary N) is 1. The highest BCUT2D eigenvalue weighted by Crippen LogP contribution is 2.21. The minimum atomic E-state index is -0.129. The van der Waals surface area contributed by atoms with E-state index >= 15 is 0 Å². The van der Waals surface area contributed by atoms with Crippen LogP contribution in [0.5, 0.6) is 0 Å². The molecule has 1 saturated heterocycles. The van der Waals surface area contributed by atoms with Crippen molar-refractivity contribution >= 4 is 18.3 Å². The van der Waals surface area contributed by atoms with Gasteiger partial charge in [-0.25, -0.2) is 0 Å². The molecule has 1 amide bonds. The molecule has 0 bridgehead atoms. The highest BCUT2D eigenvalue weighted by Gasteiger charge is 2.28. The second-order valence-electron chi connectivity index (χ2n) is 4.09. The lowest BCUT2D eigenvalue weighted by molar-refractivity contribution is -0.134. The summed E-state index contributed by atoms with van der Waals surface area (Å²) in [6.45, 7) is 3.44. The lowest BCUT2D eigenvalue weighted by atomic mass is 10.1. The Balaban J connectivity index is 0.00000225. The van der Waals surface area contributed by atoms with Crippen molar-refractivity contribution in [2.24, 2.45) is 5.73 Å². The molecule has 1 fully saturated rings. The monoisotopic (exact) mass is 250 g/mol. The minimum absolute atomic E-state index is 0. The Morgan fingerprint density at radius 2 is 2.31 bits per heavy atom. The first kappa shape index (κ1) is 15.7. The highest BCUT2D eigenvalue weighted by molar-refractivity contribution is 5.85. The fourth-order valence-electron chi connectivity index (χ4n) is 2.16. The van der Waals surface area contributed by atoms with Crippen molar-refractivity contribution in [1.82, 2.24) is 4.90 Å². The van der Waals surface area contributed by atoms with Gasteiger partial charge in [0, 0.05) is 26.2 Å². The second kappa shape index (κ2) is 7.87. The zero-order chi connectivity index (χ0) is 11.3. The van der Waals surface area contributed by atoms with Gasteiger partial charge in [-0.05, 0) is 19.3 Å². The summed E-state index contributed by atoms with van der Waals surface area (Å²) in [5.41, 5.74) is 5.50. The van der Waals surface area contributed by atoms with Crippen molar-refractivity contribution in [2.75, 3.05) is 20.2 Å². The molecule has 0 saturated carbocycles. The number of rotatable bonds is 5. The SMILES string of the molecule is CCC1CCCN1C(=O)CC(CN)OC.Cl. The van der Waals surface area contributed by atoms with Crippen LogP contribution in [0.4, 0.5) is 0 Å². The molecular formula is C11H23ClN2O2. The smallest absolute Gasteiger partial charge is 0.225 e. The second-order valence-corrected chi connectivity index (χ2v) is 4.09. The molecule has 96 valence electrons. The summed E-state index contributed by atoms with van der Waals surface area (Å²) in [7, 11) is 1.60. The fourth-order valence-corrected chi connectivity index (χ4v) is 2.16. The number of carbonyl (C=O) groups is 1. The Labute approximate surface area is 104 Å². The van der Waals surface area contributed by atoms with E-state index in [1.54, 1.807) is 7.11 Å². The Kier molecular flexibility index (Phi) is 7.72. The van der Waals surface area contributed by atoms with E-state index in [0.29, 0.717) is 19.0 Å². The van der Waals surface area contributed by atoms with E-state index in [-0.39, 0.29) is 24.4 Å². The van der Waals surface area contributed by atoms with Gasteiger partial charge in [-0.2, -0.15) is 0 Å². The minimum Gasteiger partial charge on any atom is -0.380 e. The zero-order valence-corrected chi connectivity index (χ0v) is 11.0. The third kappa shape index (κ3) is 3.92. The summed E-state index contributed by atoms with van der Waals surface area (Å²) in [5.74, 6) is 0.191. The molecule has 1 heterocycles. The molecular weight excluding hydrogens is 228 g/mol. The number of nitrogens with zero attached hydrogens (tertiary/aromatic N) is 1. The number of hydrogen-bond donors (Lipinski definition) is 1. The van der Waals surface area contributed by atoms with E-state index in [1.165, 1.54) is 0 Å². The van der Waals surface area contributed by atoms with Crippen LogP contribution in [0, 0.1) is 0 Å². The van der Waals surface area contributed by atoms with Crippen LogP contribution in [0.15, 0.2) is 0 Å². The Morgan fingerprint density at radius 1 is 1.62 bits per heavy atom. The number of carbonyl (C=O) groups excluding carboxylic acids is 1. The van der Waals surface area contributed by atoms with Gasteiger partial charge in [-0.15, -0.1) is 12.4 Å². The molecule has 2 atom stereocenters. The predicted octanol–water partition coefficient (Wildman–Crippen LogP) is 1.17. The average molecular weight is 251 g/mol. The quantitative estimate of drug-likeness (QED) is 0.797. The van der Waals surface area contributed by atoms with Crippen molar-refractivity contribution in [3.8, 4) is 0 Å². The van der Waals surface area contributed by atoms with Crippen LogP contribution in [-0.4, -0.2) is 43.2 Å². The van der Waals surface area contributed by atoms with Gasteiger partial charge in [0.2, 0.25) is 5.91 Å². The predicted molar refractivity (Wildman–Crippen MR) is 66.7 cm³/mol. The number of amides is 1. The summed E-state index contributed by atoms with van der Waals surface area (Å²) in [4.78, 5) is 13.9. The van der Waals surface area contributed by atoms with Crippen LogP contribution < -0.4 is 5.73 Å². The van der Waals surface area contributed by atoms with E-state index in [4.69, 9.17) is 10.5 Å². The van der Waals surface area contributed by atoms with Crippen molar-refractivity contribution in [3.05, 3.63) is 0 Å². The van der Waals surface area contributed by atoms with Gasteiger partial charge in [0.15, 0.2) is 0 Å². The van der Waals surface area contributed by atoms with Gasteiger partial charge >= 0.3 is 0 Å². The first-order valence-electron chi connectivity index (χ1n) is 5.75. The topological polar surface area (TPSA) is 55.6 Å². The van der Waals surface area contributed by atoms with E-state index in [0.717, 1.165) is 25.8 Å². The molecule has 0 aliphatic carbocycles. The molecule has 1 rings (SSSR count). The van der Waals surface area contributed by atoms with Crippen LogP contribution in [0.3, 0.4) is 0 Å². The molecule has 16 heavy (non-hydrogen) atoms. The van der Waals surface area contributed by atoms with Crippen LogP contribution in [0.25, 0.3) is 0 Å². The largest absolute Gasteiger partial charge is 0.380 e. The van der Waals surface area contributed by atoms with E-state index in [9.17, 15) is 4.79 Å². The Hall–Kier alpha value is -0.320. The molecule has 2 unspecified atom stereocenters. The lowest BCUT2D eigenvalue weighted by Crippen LogP contribution is -2.38. The Bertz CT molecular complexity index is 210. The molecule has 0 aromatic rings. The number of hydrogen-bond acceptors (Lipinski definition) is 3. The molecule has 0 spiro atoms. The third-order valence-electron chi connectivity index (χ3n) is 3.17. The summed E-state index contributed by atoms with van der Waals surface area (Å²) < 4.78 is 5.13. The number of ether oxygens (including phenoxy) is 1. The average Bonchev–Trinajstić information content (AvgIpc) is 2.73. The highest BCUT2D eigenvalue weighted by atomic mass is 35.5. The molecule has 2 N–H and O–H groups in total. The molecule has 0 aromatic carbocycles. The van der Waals surface area contributed by atoms with Gasteiger partial charge < -0.3 is 15.4 Å². The number of likely N-dealkylation sites (tertiary alicyclic amines) is 1. The van der Waals surface area contributed by atoms with Crippen LogP contribution in [0.1, 0.15) is 32.6 Å². The zero-order valence-electron chi connectivity index (χ0n) is 10.1. The van der Waals surface area contributed by atoms with Gasteiger partial charge in [-0.1, -0.05) is 6.92 Å². The molecule has 0 aromatic heterocycles. The Morgan fingerprint density at radius 3 is 2.81 bits per heavy atom. The van der Waals surface area contributed by atoms with Gasteiger partial charge in [-0.3, -0.25) is 4.79 Å². The summed E-state index contributed by atoms with van der Waals surface area (Å²) in [6, 6.07) is 0.438. The molecule has 1 aliphatic rings. The maximum atomic E-state index is 11.9. The van der Waals surface area contributed by atoms with Crippen molar-refractivity contribution in [2.45, 2.75) is 44.8 Å². The van der Waals surface area contributed by atoms with Crippen molar-refractivity contribution < 1.29 is 9.53 Å². The van der Waals surface area contributed by atoms with Crippen molar-refractivity contribution in [1.29, 1.82) is 0 Å². The van der Waals surface area contributed by atoms with E-state index in [1.807, 2.05) is 4.90 Å². The van der Waals surface area contributed by atoms with Crippen molar-refractivity contribution in [3.63, 3.8) is 0 Å². The molecule has 4 nitrogen and oxygen atoms in total. The van der Waals surface area contributed by atoms with Gasteiger partial charge in [0.05, 0.1) is 12.5 Å². The van der Waals surface area contributed by atoms with Gasteiger partial charge in [0.1, 0.15) is 0 Å². The fraction of sp³-hybridized carbons (Fsp3) is 0.909. The number of halogens is 1. The first-order valence-corrected chi connectivity index (χ1v) is 5.75. The van der Waals surface area contributed by atoms with Crippen LogP contribution >= 0.6 is 12.4 Å². The lowest BCUT2D eigenvalue weighted by Gasteiger charge is -2.25. The first-order chi connectivity index (χ1) is 7.22. The van der Waals surface area contributed by atoms with Crippen LogP contribution in [-0.2, 0) is 9.53 Å². The summed E-state index contributed by atoms with van der Waals surface area (Å²) in [5, 5.41) is 0. The third-order valence-corrected chi connectivity index (χ3v) is 3.17. The molecule has 0 radical (unpaired) electrons. The molecule has 1 aliphatic heterocycles. The van der Waals surface area contributed by atoms with E-state index < -0.39 is 0 Å². The van der Waals surface area contributed by atoms with E-state index in [2.05, 4.69) is 6.92 Å². The maximum absolute atomic E-state index is 11.9. The van der Waals surface area contributed by atoms with Gasteiger partial charge in [0.25, 0.3) is 0 Å². The van der Waals surface area contributed by atoms with Crippen LogP contribution in [0.2, 0.25) is 0 Å². The summed E-state index contributed by atoms with van der Waals surface area (Å²) in [6.07, 6.45) is 3.61. The molecule has 5 heteroatoms. The number of methoxy groups -OCH3 is 1. The summed E-state index contributed by atoms with van der Waals surface area (Å²) >= 11 is 0.